The second-order valence-corrected chi connectivity index (χ2v) is 16.1. The highest BCUT2D eigenvalue weighted by Gasteiger charge is 2.51. The summed E-state index contributed by atoms with van der Waals surface area (Å²) in [6, 6.07) is 14.0. The molecule has 0 saturated heterocycles. The Morgan fingerprint density at radius 1 is 0.681 bits per heavy atom. The summed E-state index contributed by atoms with van der Waals surface area (Å²) in [6.45, 7) is 3.02. The predicted molar refractivity (Wildman–Crippen MR) is 183 cm³/mol. The SMILES string of the molecule is COC(=O)c1ccc(C=O)cc1.COC(=O)c1ccc(CNCC23CC4CC(CC(C4)C2)C3)cc1.NCC12CC3CC(CC(C3)C1)C2. The zero-order valence-corrected chi connectivity index (χ0v) is 28.4. The molecule has 0 radical (unpaired) electrons. The van der Waals surface area contributed by atoms with Crippen molar-refractivity contribution in [3.63, 3.8) is 0 Å². The zero-order chi connectivity index (χ0) is 33.0. The van der Waals surface area contributed by atoms with E-state index in [4.69, 9.17) is 10.5 Å². The van der Waals surface area contributed by atoms with Gasteiger partial charge in [0.1, 0.15) is 6.29 Å². The molecule has 47 heavy (non-hydrogen) atoms. The van der Waals surface area contributed by atoms with Crippen LogP contribution in [0.4, 0.5) is 0 Å². The van der Waals surface area contributed by atoms with Crippen molar-refractivity contribution in [3.8, 4) is 0 Å². The molecule has 8 bridgehead atoms. The second-order valence-electron chi connectivity index (χ2n) is 16.1. The molecule has 0 heterocycles. The van der Waals surface area contributed by atoms with Gasteiger partial charge in [0, 0.05) is 18.7 Å². The number of carbonyl (C=O) groups excluding carboxylic acids is 3. The molecule has 2 aromatic carbocycles. The molecule has 0 aromatic heterocycles. The third-order valence-corrected chi connectivity index (χ3v) is 12.4. The van der Waals surface area contributed by atoms with E-state index in [0.29, 0.717) is 27.5 Å². The van der Waals surface area contributed by atoms with Crippen molar-refractivity contribution >= 4 is 18.2 Å². The van der Waals surface area contributed by atoms with E-state index >= 15 is 0 Å². The third-order valence-electron chi connectivity index (χ3n) is 12.4. The minimum Gasteiger partial charge on any atom is -0.465 e. The summed E-state index contributed by atoms with van der Waals surface area (Å²) in [6.07, 6.45) is 18.6. The van der Waals surface area contributed by atoms with Gasteiger partial charge in [-0.3, -0.25) is 4.79 Å². The number of rotatable bonds is 8. The fourth-order valence-corrected chi connectivity index (χ4v) is 11.2. The molecule has 8 fully saturated rings. The van der Waals surface area contributed by atoms with Gasteiger partial charge in [-0.05, 0) is 160 Å². The molecule has 7 nitrogen and oxygen atoms in total. The predicted octanol–water partition coefficient (Wildman–Crippen LogP) is 7.23. The van der Waals surface area contributed by atoms with E-state index in [1.807, 2.05) is 24.3 Å². The third kappa shape index (κ3) is 8.00. The monoisotopic (exact) mass is 642 g/mol. The Hall–Kier alpha value is -3.03. The molecular formula is C40H54N2O5. The molecule has 254 valence electrons. The van der Waals surface area contributed by atoms with Gasteiger partial charge in [-0.1, -0.05) is 24.3 Å². The van der Waals surface area contributed by atoms with Crippen LogP contribution < -0.4 is 11.1 Å². The summed E-state index contributed by atoms with van der Waals surface area (Å²) in [5.41, 5.74) is 9.98. The Labute approximate surface area is 280 Å². The van der Waals surface area contributed by atoms with Gasteiger partial charge in [-0.25, -0.2) is 9.59 Å². The van der Waals surface area contributed by atoms with Crippen LogP contribution in [0.3, 0.4) is 0 Å². The number of benzene rings is 2. The summed E-state index contributed by atoms with van der Waals surface area (Å²) < 4.78 is 9.22. The lowest BCUT2D eigenvalue weighted by Gasteiger charge is -2.57. The number of nitrogens with one attached hydrogen (secondary N) is 1. The molecule has 10 rings (SSSR count). The van der Waals surface area contributed by atoms with Crippen LogP contribution in [0.15, 0.2) is 48.5 Å². The van der Waals surface area contributed by atoms with E-state index in [1.165, 1.54) is 96.8 Å². The quantitative estimate of drug-likeness (QED) is 0.231. The molecule has 7 heteroatoms. The van der Waals surface area contributed by atoms with Crippen LogP contribution in [0.1, 0.15) is 114 Å². The minimum absolute atomic E-state index is 0.266. The Morgan fingerprint density at radius 2 is 1.06 bits per heavy atom. The highest BCUT2D eigenvalue weighted by Crippen LogP contribution is 2.60. The molecule has 0 unspecified atom stereocenters. The molecule has 8 saturated carbocycles. The summed E-state index contributed by atoms with van der Waals surface area (Å²) in [7, 11) is 2.74. The van der Waals surface area contributed by atoms with Gasteiger partial charge in [0.05, 0.1) is 25.3 Å². The highest BCUT2D eigenvalue weighted by atomic mass is 16.5. The standard InChI is InChI=1S/C20H27NO2.C11H19N.C9H8O3/c1-23-19(22)18-4-2-14(3-5-18)12-21-13-20-9-15-6-16(10-20)8-17(7-15)11-20;12-7-11-4-8-1-9(5-11)3-10(2-8)6-11;1-12-9(11)8-4-2-7(6-10)3-5-8/h2-5,15-17,21H,6-13H2,1H3;8-10H,1-7,12H2;2-6H,1H3. The maximum atomic E-state index is 11.5. The van der Waals surface area contributed by atoms with Crippen LogP contribution in [0, 0.1) is 46.3 Å². The lowest BCUT2D eigenvalue weighted by atomic mass is 9.49. The first-order valence-corrected chi connectivity index (χ1v) is 17.9. The largest absolute Gasteiger partial charge is 0.465 e. The van der Waals surface area contributed by atoms with Crippen molar-refractivity contribution in [2.45, 2.75) is 83.6 Å². The first-order valence-electron chi connectivity index (χ1n) is 17.9. The van der Waals surface area contributed by atoms with Gasteiger partial charge >= 0.3 is 11.9 Å². The Morgan fingerprint density at radius 3 is 1.43 bits per heavy atom. The number of ether oxygens (including phenoxy) is 2. The average Bonchev–Trinajstić information content (AvgIpc) is 3.07. The van der Waals surface area contributed by atoms with E-state index in [1.54, 1.807) is 24.3 Å². The number of esters is 2. The maximum Gasteiger partial charge on any atom is 0.337 e. The molecule has 2 aromatic rings. The summed E-state index contributed by atoms with van der Waals surface area (Å²) in [5.74, 6) is 5.59. The summed E-state index contributed by atoms with van der Waals surface area (Å²) >= 11 is 0. The minimum atomic E-state index is -0.396. The number of nitrogens with two attached hydrogens (primary N) is 1. The molecule has 0 aliphatic heterocycles. The van der Waals surface area contributed by atoms with Gasteiger partial charge < -0.3 is 20.5 Å². The number of methoxy groups -OCH3 is 2. The fraction of sp³-hybridized carbons (Fsp3) is 0.625. The molecule has 0 spiro atoms. The summed E-state index contributed by atoms with van der Waals surface area (Å²) in [5, 5.41) is 3.71. The lowest BCUT2D eigenvalue weighted by molar-refractivity contribution is -0.0514. The zero-order valence-electron chi connectivity index (χ0n) is 28.4. The van der Waals surface area contributed by atoms with Crippen molar-refractivity contribution < 1.29 is 23.9 Å². The van der Waals surface area contributed by atoms with Crippen molar-refractivity contribution in [1.29, 1.82) is 0 Å². The van der Waals surface area contributed by atoms with Gasteiger partial charge in [-0.2, -0.15) is 0 Å². The van der Waals surface area contributed by atoms with Crippen LogP contribution in [-0.4, -0.2) is 45.5 Å². The van der Waals surface area contributed by atoms with E-state index in [0.717, 1.165) is 61.4 Å². The van der Waals surface area contributed by atoms with Gasteiger partial charge in [0.25, 0.3) is 0 Å². The van der Waals surface area contributed by atoms with Gasteiger partial charge in [-0.15, -0.1) is 0 Å². The first kappa shape index (κ1) is 33.9. The molecular weight excluding hydrogens is 588 g/mol. The Kier molecular flexibility index (Phi) is 10.5. The molecule has 3 N–H and O–H groups in total. The van der Waals surface area contributed by atoms with Crippen LogP contribution >= 0.6 is 0 Å². The van der Waals surface area contributed by atoms with E-state index in [-0.39, 0.29) is 5.97 Å². The van der Waals surface area contributed by atoms with Crippen LogP contribution in [0.5, 0.6) is 0 Å². The Bertz CT molecular complexity index is 1310. The van der Waals surface area contributed by atoms with Crippen LogP contribution in [-0.2, 0) is 16.0 Å². The van der Waals surface area contributed by atoms with Crippen molar-refractivity contribution in [2.75, 3.05) is 27.3 Å². The van der Waals surface area contributed by atoms with Crippen molar-refractivity contribution in [2.24, 2.45) is 52.1 Å². The molecule has 8 aliphatic rings. The van der Waals surface area contributed by atoms with Crippen LogP contribution in [0.25, 0.3) is 0 Å². The first-order chi connectivity index (χ1) is 22.7. The maximum absolute atomic E-state index is 11.5. The topological polar surface area (TPSA) is 108 Å². The number of carbonyl (C=O) groups is 3. The summed E-state index contributed by atoms with van der Waals surface area (Å²) in [4.78, 5) is 32.6. The van der Waals surface area contributed by atoms with Gasteiger partial charge in [0.15, 0.2) is 0 Å². The smallest absolute Gasteiger partial charge is 0.337 e. The molecule has 0 atom stereocenters. The fourth-order valence-electron chi connectivity index (χ4n) is 11.2. The van der Waals surface area contributed by atoms with E-state index in [9.17, 15) is 14.4 Å². The van der Waals surface area contributed by atoms with Crippen molar-refractivity contribution in [1.82, 2.24) is 5.32 Å². The number of hydrogen-bond acceptors (Lipinski definition) is 7. The van der Waals surface area contributed by atoms with Gasteiger partial charge in [0.2, 0.25) is 0 Å². The van der Waals surface area contributed by atoms with Crippen LogP contribution in [0.2, 0.25) is 0 Å². The van der Waals surface area contributed by atoms with E-state index in [2.05, 4.69) is 10.1 Å². The number of hydrogen-bond donors (Lipinski definition) is 2. The average molecular weight is 643 g/mol. The normalized spacial score (nSPS) is 33.6. The second kappa shape index (κ2) is 14.6. The number of aldehydes is 1. The lowest BCUT2D eigenvalue weighted by Crippen LogP contribution is -2.50. The molecule has 0 amide bonds. The Balaban J connectivity index is 0.000000136. The van der Waals surface area contributed by atoms with E-state index < -0.39 is 5.97 Å². The highest BCUT2D eigenvalue weighted by molar-refractivity contribution is 5.90. The van der Waals surface area contributed by atoms with Crippen molar-refractivity contribution in [3.05, 3.63) is 70.8 Å². The molecule has 8 aliphatic carbocycles.